The molecule has 1 heterocycles. The second-order valence-electron chi connectivity index (χ2n) is 4.67. The lowest BCUT2D eigenvalue weighted by Gasteiger charge is -2.31. The molecule has 2 fully saturated rings. The zero-order valence-corrected chi connectivity index (χ0v) is 8.54. The number of carboxylic acids is 1. The van der Waals surface area contributed by atoms with Crippen LogP contribution >= 0.6 is 0 Å². The Morgan fingerprint density at radius 3 is 2.50 bits per heavy atom. The van der Waals surface area contributed by atoms with Crippen LogP contribution in [0.2, 0.25) is 0 Å². The summed E-state index contributed by atoms with van der Waals surface area (Å²) in [7, 11) is 0. The van der Waals surface area contributed by atoms with Gasteiger partial charge in [0, 0.05) is 0 Å². The van der Waals surface area contributed by atoms with Crippen LogP contribution in [0.15, 0.2) is 0 Å². The Morgan fingerprint density at radius 1 is 1.14 bits per heavy atom. The number of carboxylic acid groups (broad SMARTS) is 1. The number of nitrogens with one attached hydrogen (secondary N) is 1. The lowest BCUT2D eigenvalue weighted by atomic mass is 9.81. The van der Waals surface area contributed by atoms with Crippen molar-refractivity contribution < 1.29 is 9.90 Å². The van der Waals surface area contributed by atoms with E-state index in [4.69, 9.17) is 5.11 Å². The minimum Gasteiger partial charge on any atom is -0.480 e. The van der Waals surface area contributed by atoms with E-state index in [-0.39, 0.29) is 6.04 Å². The summed E-state index contributed by atoms with van der Waals surface area (Å²) in [5, 5.41) is 12.0. The van der Waals surface area contributed by atoms with E-state index in [9.17, 15) is 4.79 Å². The monoisotopic (exact) mass is 197 g/mol. The molecule has 1 aliphatic carbocycles. The van der Waals surface area contributed by atoms with Gasteiger partial charge in [0.2, 0.25) is 0 Å². The SMILES string of the molecule is O=C(O)C1CC(C2CCCC2)CCN1. The highest BCUT2D eigenvalue weighted by molar-refractivity contribution is 5.73. The van der Waals surface area contributed by atoms with Gasteiger partial charge in [0.1, 0.15) is 6.04 Å². The molecule has 1 aliphatic heterocycles. The van der Waals surface area contributed by atoms with Crippen LogP contribution in [0, 0.1) is 11.8 Å². The van der Waals surface area contributed by atoms with Gasteiger partial charge in [-0.1, -0.05) is 25.7 Å². The average molecular weight is 197 g/mol. The molecular weight excluding hydrogens is 178 g/mol. The molecule has 3 heteroatoms. The highest BCUT2D eigenvalue weighted by Gasteiger charge is 2.32. The van der Waals surface area contributed by atoms with Crippen LogP contribution in [0.4, 0.5) is 0 Å². The van der Waals surface area contributed by atoms with E-state index in [1.807, 2.05) is 0 Å². The Balaban J connectivity index is 1.89. The van der Waals surface area contributed by atoms with Crippen molar-refractivity contribution in [3.8, 4) is 0 Å². The van der Waals surface area contributed by atoms with Crippen molar-refractivity contribution in [1.82, 2.24) is 5.32 Å². The Hall–Kier alpha value is -0.570. The quantitative estimate of drug-likeness (QED) is 0.707. The number of hydrogen-bond donors (Lipinski definition) is 2. The molecule has 1 saturated carbocycles. The predicted molar refractivity (Wildman–Crippen MR) is 54.1 cm³/mol. The van der Waals surface area contributed by atoms with E-state index in [1.165, 1.54) is 32.1 Å². The molecule has 2 aliphatic rings. The largest absolute Gasteiger partial charge is 0.480 e. The van der Waals surface area contributed by atoms with Crippen molar-refractivity contribution in [1.29, 1.82) is 0 Å². The van der Waals surface area contributed by atoms with Crippen LogP contribution in [-0.4, -0.2) is 23.7 Å². The molecule has 2 rings (SSSR count). The molecule has 0 spiro atoms. The minimum absolute atomic E-state index is 0.283. The van der Waals surface area contributed by atoms with Crippen LogP contribution in [0.5, 0.6) is 0 Å². The molecule has 0 aromatic heterocycles. The lowest BCUT2D eigenvalue weighted by molar-refractivity contribution is -0.140. The Morgan fingerprint density at radius 2 is 1.86 bits per heavy atom. The van der Waals surface area contributed by atoms with Gasteiger partial charge in [0.15, 0.2) is 0 Å². The predicted octanol–water partition coefficient (Wildman–Crippen LogP) is 1.63. The number of rotatable bonds is 2. The van der Waals surface area contributed by atoms with Gasteiger partial charge in [-0.05, 0) is 31.2 Å². The van der Waals surface area contributed by atoms with Gasteiger partial charge < -0.3 is 10.4 Å². The normalized spacial score (nSPS) is 34.6. The van der Waals surface area contributed by atoms with Crippen LogP contribution < -0.4 is 5.32 Å². The van der Waals surface area contributed by atoms with Crippen LogP contribution in [0.1, 0.15) is 38.5 Å². The van der Waals surface area contributed by atoms with Crippen LogP contribution in [-0.2, 0) is 4.79 Å². The zero-order chi connectivity index (χ0) is 9.97. The standard InChI is InChI=1S/C11H19NO2/c13-11(14)10-7-9(5-6-12-10)8-3-1-2-4-8/h8-10,12H,1-7H2,(H,13,14). The molecule has 0 aromatic rings. The molecule has 2 unspecified atom stereocenters. The van der Waals surface area contributed by atoms with Gasteiger partial charge in [-0.15, -0.1) is 0 Å². The van der Waals surface area contributed by atoms with Crippen LogP contribution in [0.3, 0.4) is 0 Å². The molecule has 80 valence electrons. The fraction of sp³-hybridized carbons (Fsp3) is 0.909. The molecule has 3 nitrogen and oxygen atoms in total. The molecular formula is C11H19NO2. The summed E-state index contributed by atoms with van der Waals surface area (Å²) in [5.41, 5.74) is 0. The molecule has 2 N–H and O–H groups in total. The molecule has 1 saturated heterocycles. The van der Waals surface area contributed by atoms with Crippen molar-refractivity contribution in [2.24, 2.45) is 11.8 Å². The van der Waals surface area contributed by atoms with Crippen molar-refractivity contribution in [2.45, 2.75) is 44.6 Å². The van der Waals surface area contributed by atoms with Gasteiger partial charge in [0.05, 0.1) is 0 Å². The number of aliphatic carboxylic acids is 1. The first-order valence-electron chi connectivity index (χ1n) is 5.73. The van der Waals surface area contributed by atoms with E-state index in [0.717, 1.165) is 18.9 Å². The second kappa shape index (κ2) is 4.30. The third-order valence-electron chi connectivity index (χ3n) is 3.81. The van der Waals surface area contributed by atoms with Gasteiger partial charge in [-0.25, -0.2) is 0 Å². The van der Waals surface area contributed by atoms with E-state index >= 15 is 0 Å². The first kappa shape index (κ1) is 9.97. The minimum atomic E-state index is -0.673. The topological polar surface area (TPSA) is 49.3 Å². The molecule has 2 atom stereocenters. The lowest BCUT2D eigenvalue weighted by Crippen LogP contribution is -2.44. The van der Waals surface area contributed by atoms with E-state index in [2.05, 4.69) is 5.32 Å². The summed E-state index contributed by atoms with van der Waals surface area (Å²) >= 11 is 0. The average Bonchev–Trinajstić information content (AvgIpc) is 2.71. The summed E-state index contributed by atoms with van der Waals surface area (Å²) in [4.78, 5) is 10.9. The fourth-order valence-corrected chi connectivity index (χ4v) is 2.99. The van der Waals surface area contributed by atoms with Gasteiger partial charge in [0.25, 0.3) is 0 Å². The maximum absolute atomic E-state index is 10.9. The van der Waals surface area contributed by atoms with Crippen molar-refractivity contribution in [2.75, 3.05) is 6.54 Å². The van der Waals surface area contributed by atoms with Crippen LogP contribution in [0.25, 0.3) is 0 Å². The van der Waals surface area contributed by atoms with Crippen molar-refractivity contribution in [3.05, 3.63) is 0 Å². The number of carbonyl (C=O) groups is 1. The van der Waals surface area contributed by atoms with Crippen molar-refractivity contribution >= 4 is 5.97 Å². The second-order valence-corrected chi connectivity index (χ2v) is 4.67. The Bertz CT molecular complexity index is 211. The molecule has 0 radical (unpaired) electrons. The first-order valence-corrected chi connectivity index (χ1v) is 5.73. The van der Waals surface area contributed by atoms with E-state index in [1.54, 1.807) is 0 Å². The fourth-order valence-electron chi connectivity index (χ4n) is 2.99. The van der Waals surface area contributed by atoms with Gasteiger partial charge in [-0.2, -0.15) is 0 Å². The number of piperidine rings is 1. The highest BCUT2D eigenvalue weighted by Crippen LogP contribution is 2.36. The maximum atomic E-state index is 10.9. The van der Waals surface area contributed by atoms with E-state index in [0.29, 0.717) is 5.92 Å². The van der Waals surface area contributed by atoms with E-state index < -0.39 is 5.97 Å². The van der Waals surface area contributed by atoms with Crippen molar-refractivity contribution in [3.63, 3.8) is 0 Å². The third-order valence-corrected chi connectivity index (χ3v) is 3.81. The molecule has 0 aromatic carbocycles. The van der Waals surface area contributed by atoms with Gasteiger partial charge in [-0.3, -0.25) is 4.79 Å². The third kappa shape index (κ3) is 2.08. The summed E-state index contributed by atoms with van der Waals surface area (Å²) in [5.74, 6) is 0.812. The summed E-state index contributed by atoms with van der Waals surface area (Å²) < 4.78 is 0. The number of hydrogen-bond acceptors (Lipinski definition) is 2. The first-order chi connectivity index (χ1) is 6.77. The maximum Gasteiger partial charge on any atom is 0.320 e. The zero-order valence-electron chi connectivity index (χ0n) is 8.54. The Labute approximate surface area is 84.9 Å². The summed E-state index contributed by atoms with van der Waals surface area (Å²) in [6.45, 7) is 0.887. The highest BCUT2D eigenvalue weighted by atomic mass is 16.4. The van der Waals surface area contributed by atoms with Gasteiger partial charge >= 0.3 is 5.97 Å². The molecule has 0 amide bonds. The Kier molecular flexibility index (Phi) is 3.06. The summed E-state index contributed by atoms with van der Waals surface area (Å²) in [6, 6.07) is -0.283. The summed E-state index contributed by atoms with van der Waals surface area (Å²) in [6.07, 6.45) is 7.39. The molecule has 0 bridgehead atoms. The molecule has 14 heavy (non-hydrogen) atoms. The smallest absolute Gasteiger partial charge is 0.320 e.